The van der Waals surface area contributed by atoms with Gasteiger partial charge in [0.1, 0.15) is 60.7 Å². The number of amides is 7. The van der Waals surface area contributed by atoms with Crippen molar-refractivity contribution in [2.45, 2.75) is 164 Å². The molecule has 0 radical (unpaired) electrons. The third kappa shape index (κ3) is 30.9. The van der Waals surface area contributed by atoms with E-state index in [-0.39, 0.29) is 106 Å². The maximum atomic E-state index is 15.4. The summed E-state index contributed by atoms with van der Waals surface area (Å²) >= 11 is 15.5. The van der Waals surface area contributed by atoms with Gasteiger partial charge in [-0.1, -0.05) is 131 Å². The summed E-state index contributed by atoms with van der Waals surface area (Å²) in [6, 6.07) is 33.5. The number of nitrogens with one attached hydrogen (secondary N) is 12. The van der Waals surface area contributed by atoms with Gasteiger partial charge in [0, 0.05) is 64.7 Å². The van der Waals surface area contributed by atoms with E-state index >= 15 is 14.4 Å². The van der Waals surface area contributed by atoms with Crippen molar-refractivity contribution < 1.29 is 69.3 Å². The van der Waals surface area contributed by atoms with Gasteiger partial charge in [0.05, 0.1) is 30.1 Å². The average Bonchev–Trinajstić information content (AvgIpc) is 0.793. The highest BCUT2D eigenvalue weighted by Crippen LogP contribution is 2.28. The van der Waals surface area contributed by atoms with Crippen LogP contribution in [0.3, 0.4) is 0 Å². The summed E-state index contributed by atoms with van der Waals surface area (Å²) in [7, 11) is -5.42. The van der Waals surface area contributed by atoms with Gasteiger partial charge in [-0.3, -0.25) is 39.6 Å². The Labute approximate surface area is 702 Å². The number of nitrogens with two attached hydrogens (primary N) is 2. The summed E-state index contributed by atoms with van der Waals surface area (Å²) in [5.74, 6) is -4.00. The highest BCUT2D eigenvalue weighted by atomic mass is 35.5. The topological polar surface area (TPSA) is 445 Å². The molecule has 0 spiro atoms. The maximum Gasteiger partial charge on any atom is 0.407 e. The molecule has 7 rings (SSSR count). The lowest BCUT2D eigenvalue weighted by Crippen LogP contribution is -2.60. The van der Waals surface area contributed by atoms with Gasteiger partial charge in [-0.25, -0.2) is 31.1 Å². The van der Waals surface area contributed by atoms with E-state index in [4.69, 9.17) is 64.4 Å². The fourth-order valence-electron chi connectivity index (χ4n) is 12.6. The van der Waals surface area contributed by atoms with E-state index in [0.29, 0.717) is 72.2 Å². The van der Waals surface area contributed by atoms with Crippen molar-refractivity contribution in [3.05, 3.63) is 217 Å². The Morgan fingerprint density at radius 2 is 0.863 bits per heavy atom. The van der Waals surface area contributed by atoms with Crippen molar-refractivity contribution in [2.75, 3.05) is 45.4 Å². The molecule has 630 valence electrons. The molecule has 7 aromatic rings. The maximum absolute atomic E-state index is 15.4. The van der Waals surface area contributed by atoms with E-state index in [1.807, 2.05) is 44.2 Å². The van der Waals surface area contributed by atoms with E-state index in [1.165, 1.54) is 30.6 Å². The Morgan fingerprint density at radius 3 is 1.35 bits per heavy atom. The van der Waals surface area contributed by atoms with Gasteiger partial charge in [0.25, 0.3) is 20.0 Å². The number of hydrogen-bond donors (Lipinski definition) is 14. The van der Waals surface area contributed by atoms with Crippen LogP contribution in [0.2, 0.25) is 10.0 Å². The van der Waals surface area contributed by atoms with E-state index in [2.05, 4.69) is 52.0 Å². The number of ether oxygens (including phenoxy) is 4. The van der Waals surface area contributed by atoms with Crippen LogP contribution in [-0.2, 0) is 84.7 Å². The molecule has 0 aliphatic rings. The lowest BCUT2D eigenvalue weighted by molar-refractivity contribution is -0.135. The Morgan fingerprint density at radius 1 is 0.453 bits per heavy atom. The molecule has 0 aliphatic heterocycles. The summed E-state index contributed by atoms with van der Waals surface area (Å²) in [5, 5.41) is 39.9. The molecule has 29 nitrogen and oxygen atoms in total. The summed E-state index contributed by atoms with van der Waals surface area (Å²) in [5.41, 5.74) is 19.6. The van der Waals surface area contributed by atoms with Crippen LogP contribution in [0, 0.1) is 52.4 Å². The lowest BCUT2D eigenvalue weighted by Gasteiger charge is -2.27. The molecule has 0 saturated carbocycles. The third-order valence-electron chi connectivity index (χ3n) is 18.3. The van der Waals surface area contributed by atoms with Crippen molar-refractivity contribution >= 4 is 120 Å². The Kier molecular flexibility index (Phi) is 37.4. The standard InChI is InChI=1S/C82H104Cl2N14O15S4/c1-50-39-52(3)72(53(4)40-50)116(106,107)97-80(87)89-37-15-22-67(74(86)99)92-79(104)71(49-115-47-59-28-32-61(111-8)33-29-59)96-77(102)68(21-12-13-36-91-82(105)113-44-57-17-10-9-11-18-57)93-76(101)69(23-16-38-90-81(88)98-117(108,109)73-54(5)41-51(2)42-55(73)6)94-78(103)70(95-75(100)66(85)48-114-46-58-26-30-60(110-7)31-27-58)43-56-24-34-62(35-25-56)112-45-63-64(83)19-14-20-65(63)84/h9-11,14,17-20,24-35,39-42,66-71H,12-13,15-16,21-23,36-38,43-49,85H2,1-8H3,(H2,86,99)(H,91,105)(H,92,104)(H,93,101)(H,94,103)(H,95,100)(H,96,102)(H3,87,89,97)(H3,88,90,98)/t66-,67-,68-,69-,70-,71-/m0/s1. The zero-order valence-electron chi connectivity index (χ0n) is 66.5. The molecule has 6 atom stereocenters. The molecule has 7 aromatic carbocycles. The molecule has 0 unspecified atom stereocenters. The van der Waals surface area contributed by atoms with Crippen LogP contribution in [0.4, 0.5) is 4.79 Å². The molecular formula is C82H104Cl2N14O15S4. The number of carbonyl (C=O) groups excluding carboxylic acids is 7. The Bertz CT molecular complexity index is 4740. The summed E-state index contributed by atoms with van der Waals surface area (Å²) in [6.45, 7) is 10.1. The van der Waals surface area contributed by atoms with Crippen LogP contribution in [0.25, 0.3) is 0 Å². The van der Waals surface area contributed by atoms with Gasteiger partial charge < -0.3 is 72.9 Å². The van der Waals surface area contributed by atoms with E-state index in [9.17, 15) is 36.0 Å². The first kappa shape index (κ1) is 93.9. The van der Waals surface area contributed by atoms with Crippen LogP contribution < -0.4 is 77.7 Å². The number of unbranched alkanes of at least 4 members (excludes halogenated alkanes) is 1. The van der Waals surface area contributed by atoms with Gasteiger partial charge in [0.15, 0.2) is 0 Å². The van der Waals surface area contributed by atoms with E-state index in [0.717, 1.165) is 27.8 Å². The minimum absolute atomic E-state index is 0.0156. The third-order valence-corrected chi connectivity index (χ3v) is 24.6. The highest BCUT2D eigenvalue weighted by molar-refractivity contribution is 7.98. The van der Waals surface area contributed by atoms with Crippen LogP contribution in [0.15, 0.2) is 155 Å². The van der Waals surface area contributed by atoms with Crippen LogP contribution in [0.5, 0.6) is 17.2 Å². The predicted octanol–water partition coefficient (Wildman–Crippen LogP) is 8.75. The molecule has 0 bridgehead atoms. The van der Waals surface area contributed by atoms with Crippen LogP contribution in [0.1, 0.15) is 106 Å². The summed E-state index contributed by atoms with van der Waals surface area (Å²) in [4.78, 5) is 101. The second-order valence-electron chi connectivity index (χ2n) is 27.9. The number of guanidine groups is 2. The number of methoxy groups -OCH3 is 2. The first-order chi connectivity index (χ1) is 55.7. The smallest absolute Gasteiger partial charge is 0.407 e. The molecule has 117 heavy (non-hydrogen) atoms. The number of alkyl carbamates (subject to hydrolysis) is 1. The quantitative estimate of drug-likeness (QED) is 0.00963. The number of benzene rings is 7. The SMILES string of the molecule is COc1ccc(CSC[C@H](NC(=O)[C@H](CCCCNC(=O)OCc2ccccc2)NC(=O)[C@H](CCCNC(=N)NS(=O)(=O)c2c(C)cc(C)cc2C)NC(=O)[C@H](Cc2ccc(OCc3c(Cl)cccc3Cl)cc2)NC(=O)[C@@H](N)CSCc2ccc(OC)cc2)C(=O)N[C@@H](CCCNC(=N)NS(=O)(=O)c2c(C)cc(C)cc2C)C(N)=O)cc1. The molecule has 7 amide bonds. The zero-order chi connectivity index (χ0) is 85.4. The number of halogens is 2. The van der Waals surface area contributed by atoms with Crippen molar-refractivity contribution in [2.24, 2.45) is 11.5 Å². The molecule has 0 heterocycles. The molecule has 0 fully saturated rings. The van der Waals surface area contributed by atoms with Gasteiger partial charge in [0.2, 0.25) is 47.4 Å². The van der Waals surface area contributed by atoms with Crippen LogP contribution >= 0.6 is 46.7 Å². The van der Waals surface area contributed by atoms with Crippen molar-refractivity contribution in [3.8, 4) is 17.2 Å². The highest BCUT2D eigenvalue weighted by Gasteiger charge is 2.34. The summed E-state index contributed by atoms with van der Waals surface area (Å²) < 4.78 is 81.0. The van der Waals surface area contributed by atoms with Gasteiger partial charge in [-0.05, 0) is 180 Å². The first-order valence-corrected chi connectivity index (χ1v) is 43.7. The second-order valence-corrected chi connectivity index (χ2v) is 34.0. The first-order valence-electron chi connectivity index (χ1n) is 37.7. The van der Waals surface area contributed by atoms with Crippen LogP contribution in [-0.4, -0.2) is 152 Å². The summed E-state index contributed by atoms with van der Waals surface area (Å²) in [6.07, 6.45) is -1.08. The normalized spacial score (nSPS) is 12.8. The molecular weight excluding hydrogens is 1620 g/mol. The minimum Gasteiger partial charge on any atom is -0.497 e. The van der Waals surface area contributed by atoms with E-state index in [1.54, 1.807) is 150 Å². The second kappa shape index (κ2) is 46.6. The van der Waals surface area contributed by atoms with E-state index < -0.39 is 110 Å². The zero-order valence-corrected chi connectivity index (χ0v) is 71.3. The number of rotatable bonds is 45. The predicted molar refractivity (Wildman–Crippen MR) is 456 cm³/mol. The monoisotopic (exact) mass is 1720 g/mol. The average molecular weight is 1720 g/mol. The fourth-order valence-corrected chi connectivity index (χ4v) is 17.9. The Balaban J connectivity index is 1.17. The van der Waals surface area contributed by atoms with Crippen molar-refractivity contribution in [1.29, 1.82) is 10.8 Å². The van der Waals surface area contributed by atoms with Gasteiger partial charge >= 0.3 is 6.09 Å². The van der Waals surface area contributed by atoms with Gasteiger partial charge in [-0.15, -0.1) is 0 Å². The molecule has 35 heteroatoms. The number of thioether (sulfide) groups is 2. The number of aryl methyl sites for hydroxylation is 6. The lowest BCUT2D eigenvalue weighted by atomic mass is 10.0. The Hall–Kier alpha value is -10.3. The van der Waals surface area contributed by atoms with Gasteiger partial charge in [-0.2, -0.15) is 23.5 Å². The number of hydrogen-bond acceptors (Lipinski definition) is 20. The fraction of sp³-hybridized carbons (Fsp3) is 0.378. The van der Waals surface area contributed by atoms with Crippen molar-refractivity contribution in [3.63, 3.8) is 0 Å². The number of carbonyl (C=O) groups is 7. The minimum atomic E-state index is -4.30. The largest absolute Gasteiger partial charge is 0.497 e. The van der Waals surface area contributed by atoms with Crippen molar-refractivity contribution in [1.82, 2.24) is 52.0 Å². The molecule has 0 aromatic heterocycles. The number of primary amides is 1. The molecule has 0 saturated heterocycles. The molecule has 0 aliphatic carbocycles. The number of sulfonamides is 2. The molecule has 16 N–H and O–H groups in total.